The highest BCUT2D eigenvalue weighted by Gasteiger charge is 2.44. The molecular formula is C29H29F5N6O3. The van der Waals surface area contributed by atoms with Gasteiger partial charge in [-0.25, -0.2) is 13.8 Å². The lowest BCUT2D eigenvalue weighted by molar-refractivity contribution is -0.162. The number of aliphatic hydroxyl groups is 1. The van der Waals surface area contributed by atoms with Crippen LogP contribution in [0.2, 0.25) is 0 Å². The summed E-state index contributed by atoms with van der Waals surface area (Å²) in [6, 6.07) is 9.03. The molecule has 0 radical (unpaired) electrons. The zero-order valence-corrected chi connectivity index (χ0v) is 23.1. The number of aryl methyl sites for hydroxylation is 1. The average molecular weight is 605 g/mol. The smallest absolute Gasteiger partial charge is 0.388 e. The maximum absolute atomic E-state index is 13.8. The Morgan fingerprint density at radius 2 is 1.70 bits per heavy atom. The van der Waals surface area contributed by atoms with Gasteiger partial charge in [0.15, 0.2) is 5.52 Å². The summed E-state index contributed by atoms with van der Waals surface area (Å²) in [5.41, 5.74) is 5.92. The number of carbonyl (C=O) groups excluding carboxylic acids is 1. The molecule has 228 valence electrons. The van der Waals surface area contributed by atoms with E-state index in [1.54, 1.807) is 11.7 Å². The Morgan fingerprint density at radius 1 is 1.07 bits per heavy atom. The third kappa shape index (κ3) is 6.30. The SMILES string of the molecule is Cn1nc2c(=O)n(CC3(O)CCN(C(=O)C[C@H](c4cc(F)cc(F)c4)C(F)(F)F)CC3)cnc2c1-c1ccc(CN)cc1. The van der Waals surface area contributed by atoms with Gasteiger partial charge in [-0.3, -0.25) is 18.8 Å². The number of fused-ring (bicyclic) bond motifs is 1. The van der Waals surface area contributed by atoms with E-state index in [2.05, 4.69) is 10.1 Å². The Morgan fingerprint density at radius 3 is 2.28 bits per heavy atom. The fourth-order valence-corrected chi connectivity index (χ4v) is 5.48. The molecule has 1 fully saturated rings. The summed E-state index contributed by atoms with van der Waals surface area (Å²) >= 11 is 0. The number of amides is 1. The second kappa shape index (κ2) is 11.5. The normalized spacial score (nSPS) is 16.0. The number of alkyl halides is 3. The van der Waals surface area contributed by atoms with Gasteiger partial charge in [0.05, 0.1) is 30.1 Å². The van der Waals surface area contributed by atoms with Gasteiger partial charge in [0.25, 0.3) is 5.56 Å². The van der Waals surface area contributed by atoms with Crippen molar-refractivity contribution in [2.75, 3.05) is 13.1 Å². The third-order valence-corrected chi connectivity index (χ3v) is 7.85. The highest BCUT2D eigenvalue weighted by atomic mass is 19.4. The van der Waals surface area contributed by atoms with Crippen molar-refractivity contribution >= 4 is 16.9 Å². The molecule has 3 N–H and O–H groups in total. The van der Waals surface area contributed by atoms with Crippen LogP contribution in [0.4, 0.5) is 22.0 Å². The zero-order chi connectivity index (χ0) is 31.1. The van der Waals surface area contributed by atoms with Gasteiger partial charge < -0.3 is 15.7 Å². The Kier molecular flexibility index (Phi) is 8.09. The standard InChI is InChI=1S/C29H29F5N6O3/c1-38-26(18-4-2-17(14-35)3-5-18)24-25(37-38)27(42)40(16-36-24)15-28(43)6-8-39(9-7-28)23(41)13-22(29(32,33)34)19-10-20(30)12-21(31)11-19/h2-5,10-12,16,22,43H,6-9,13-15,35H2,1H3/t22-/m1/s1. The highest BCUT2D eigenvalue weighted by molar-refractivity contribution is 5.89. The van der Waals surface area contributed by atoms with Crippen LogP contribution in [0.5, 0.6) is 0 Å². The number of benzene rings is 2. The summed E-state index contributed by atoms with van der Waals surface area (Å²) in [6.07, 6.45) is -4.68. The number of hydrogen-bond acceptors (Lipinski definition) is 6. The number of halogens is 5. The fraction of sp³-hybridized carbons (Fsp3) is 0.379. The minimum Gasteiger partial charge on any atom is -0.388 e. The lowest BCUT2D eigenvalue weighted by atomic mass is 9.89. The van der Waals surface area contributed by atoms with Gasteiger partial charge in [0.1, 0.15) is 17.2 Å². The molecule has 2 aromatic carbocycles. The first-order valence-electron chi connectivity index (χ1n) is 13.5. The maximum atomic E-state index is 13.8. The topological polar surface area (TPSA) is 119 Å². The van der Waals surface area contributed by atoms with Crippen molar-refractivity contribution in [1.82, 2.24) is 24.2 Å². The monoisotopic (exact) mass is 604 g/mol. The second-order valence-electron chi connectivity index (χ2n) is 10.9. The molecule has 5 rings (SSSR count). The molecule has 1 aliphatic heterocycles. The van der Waals surface area contributed by atoms with Gasteiger partial charge in [-0.05, 0) is 36.1 Å². The van der Waals surface area contributed by atoms with Crippen molar-refractivity contribution in [3.8, 4) is 11.3 Å². The van der Waals surface area contributed by atoms with Crippen LogP contribution < -0.4 is 11.3 Å². The van der Waals surface area contributed by atoms with Crippen LogP contribution in [0.15, 0.2) is 53.6 Å². The molecule has 4 aromatic rings. The lowest BCUT2D eigenvalue weighted by Crippen LogP contribution is -2.50. The summed E-state index contributed by atoms with van der Waals surface area (Å²) in [5.74, 6) is -5.62. The molecule has 0 saturated carbocycles. The van der Waals surface area contributed by atoms with Gasteiger partial charge in [-0.15, -0.1) is 0 Å². The van der Waals surface area contributed by atoms with E-state index in [1.165, 1.54) is 15.8 Å². The molecule has 0 aliphatic carbocycles. The maximum Gasteiger partial charge on any atom is 0.396 e. The summed E-state index contributed by atoms with van der Waals surface area (Å²) in [7, 11) is 1.69. The first kappa shape index (κ1) is 30.3. The second-order valence-corrected chi connectivity index (χ2v) is 10.9. The van der Waals surface area contributed by atoms with E-state index in [1.807, 2.05) is 24.3 Å². The summed E-state index contributed by atoms with van der Waals surface area (Å²) < 4.78 is 71.3. The molecule has 1 amide bonds. The summed E-state index contributed by atoms with van der Waals surface area (Å²) in [4.78, 5) is 31.7. The van der Waals surface area contributed by atoms with E-state index in [0.717, 1.165) is 11.1 Å². The highest BCUT2D eigenvalue weighted by Crippen LogP contribution is 2.39. The van der Waals surface area contributed by atoms with Crippen molar-refractivity contribution in [1.29, 1.82) is 0 Å². The van der Waals surface area contributed by atoms with Gasteiger partial charge in [-0.2, -0.15) is 18.3 Å². The van der Waals surface area contributed by atoms with E-state index in [9.17, 15) is 36.6 Å². The van der Waals surface area contributed by atoms with E-state index in [-0.39, 0.29) is 38.0 Å². The fourth-order valence-electron chi connectivity index (χ4n) is 5.48. The molecule has 9 nitrogen and oxygen atoms in total. The Labute approximate surface area is 242 Å². The number of aromatic nitrogens is 4. The average Bonchev–Trinajstić information content (AvgIpc) is 3.29. The summed E-state index contributed by atoms with van der Waals surface area (Å²) in [6.45, 7) is 0.0683. The molecule has 0 bridgehead atoms. The molecule has 1 saturated heterocycles. The molecule has 14 heteroatoms. The molecule has 1 aliphatic rings. The predicted octanol–water partition coefficient (Wildman–Crippen LogP) is 3.62. The molecule has 0 spiro atoms. The van der Waals surface area contributed by atoms with Crippen molar-refractivity contribution in [2.24, 2.45) is 12.8 Å². The van der Waals surface area contributed by atoms with Crippen LogP contribution in [-0.2, 0) is 24.9 Å². The Hall–Kier alpha value is -4.17. The first-order chi connectivity index (χ1) is 20.3. The van der Waals surface area contributed by atoms with E-state index >= 15 is 0 Å². The number of hydrogen-bond donors (Lipinski definition) is 2. The number of nitrogens with two attached hydrogens (primary N) is 1. The number of nitrogens with zero attached hydrogens (tertiary/aromatic N) is 5. The minimum absolute atomic E-state index is 0.0184. The van der Waals surface area contributed by atoms with Crippen LogP contribution >= 0.6 is 0 Å². The molecule has 1 atom stereocenters. The quantitative estimate of drug-likeness (QED) is 0.311. The molecular weight excluding hydrogens is 575 g/mol. The summed E-state index contributed by atoms with van der Waals surface area (Å²) in [5, 5.41) is 15.6. The van der Waals surface area contributed by atoms with Crippen molar-refractivity contribution in [3.63, 3.8) is 0 Å². The predicted molar refractivity (Wildman–Crippen MR) is 147 cm³/mol. The Balaban J connectivity index is 1.29. The van der Waals surface area contributed by atoms with Crippen molar-refractivity contribution < 1.29 is 31.9 Å². The lowest BCUT2D eigenvalue weighted by Gasteiger charge is -2.39. The first-order valence-corrected chi connectivity index (χ1v) is 13.5. The van der Waals surface area contributed by atoms with Crippen LogP contribution in [0.25, 0.3) is 22.3 Å². The van der Waals surface area contributed by atoms with E-state index < -0.39 is 52.8 Å². The largest absolute Gasteiger partial charge is 0.396 e. The minimum atomic E-state index is -4.92. The van der Waals surface area contributed by atoms with Crippen LogP contribution in [-0.4, -0.2) is 60.1 Å². The molecule has 43 heavy (non-hydrogen) atoms. The van der Waals surface area contributed by atoms with E-state index in [4.69, 9.17) is 5.73 Å². The zero-order valence-electron chi connectivity index (χ0n) is 23.1. The van der Waals surface area contributed by atoms with Crippen molar-refractivity contribution in [2.45, 2.75) is 50.0 Å². The number of piperidine rings is 1. The van der Waals surface area contributed by atoms with E-state index in [0.29, 0.717) is 36.0 Å². The number of carbonyl (C=O) groups is 1. The van der Waals surface area contributed by atoms with Crippen LogP contribution in [0.1, 0.15) is 36.3 Å². The third-order valence-electron chi connectivity index (χ3n) is 7.85. The van der Waals surface area contributed by atoms with Crippen LogP contribution in [0, 0.1) is 11.6 Å². The number of likely N-dealkylation sites (tertiary alicyclic amines) is 1. The molecule has 3 heterocycles. The van der Waals surface area contributed by atoms with Gasteiger partial charge in [0.2, 0.25) is 5.91 Å². The molecule has 2 aromatic heterocycles. The van der Waals surface area contributed by atoms with Crippen molar-refractivity contribution in [3.05, 3.63) is 81.9 Å². The van der Waals surface area contributed by atoms with Gasteiger partial charge in [0, 0.05) is 44.7 Å². The molecule has 0 unspecified atom stereocenters. The Bertz CT molecular complexity index is 1690. The van der Waals surface area contributed by atoms with Gasteiger partial charge >= 0.3 is 6.18 Å². The van der Waals surface area contributed by atoms with Crippen LogP contribution in [0.3, 0.4) is 0 Å². The number of rotatable bonds is 7. The van der Waals surface area contributed by atoms with Gasteiger partial charge in [-0.1, -0.05) is 24.3 Å².